The van der Waals surface area contributed by atoms with Crippen molar-refractivity contribution < 1.29 is 9.59 Å². The number of hydrogen-bond donors (Lipinski definition) is 1. The fourth-order valence-electron chi connectivity index (χ4n) is 3.53. The molecular weight excluding hydrogens is 340 g/mol. The van der Waals surface area contributed by atoms with Gasteiger partial charge in [0.25, 0.3) is 5.91 Å². The van der Waals surface area contributed by atoms with E-state index >= 15 is 0 Å². The first-order chi connectivity index (χ1) is 12.9. The molecule has 27 heavy (non-hydrogen) atoms. The van der Waals surface area contributed by atoms with E-state index in [4.69, 9.17) is 0 Å². The van der Waals surface area contributed by atoms with Crippen LogP contribution in [0, 0.1) is 6.92 Å². The number of rotatable bonds is 4. The van der Waals surface area contributed by atoms with Gasteiger partial charge in [0, 0.05) is 38.6 Å². The fourth-order valence-corrected chi connectivity index (χ4v) is 3.53. The average molecular weight is 366 g/mol. The largest absolute Gasteiger partial charge is 0.371 e. The van der Waals surface area contributed by atoms with Crippen LogP contribution in [0.25, 0.3) is 0 Å². The number of aryl methyl sites for hydroxylation is 1. The van der Waals surface area contributed by atoms with Gasteiger partial charge in [0.2, 0.25) is 5.91 Å². The molecule has 2 aromatic rings. The minimum absolute atomic E-state index is 0.0344. The molecule has 2 amide bonds. The lowest BCUT2D eigenvalue weighted by Gasteiger charge is -2.42. The quantitative estimate of drug-likeness (QED) is 0.903. The van der Waals surface area contributed by atoms with Gasteiger partial charge < -0.3 is 15.1 Å². The summed E-state index contributed by atoms with van der Waals surface area (Å²) in [4.78, 5) is 33.5. The first-order valence-electron chi connectivity index (χ1n) is 9.19. The van der Waals surface area contributed by atoms with Crippen molar-refractivity contribution in [2.75, 3.05) is 32.5 Å². The van der Waals surface area contributed by atoms with E-state index in [9.17, 15) is 9.59 Å². The predicted octanol–water partition coefficient (Wildman–Crippen LogP) is 2.57. The zero-order valence-electron chi connectivity index (χ0n) is 16.1. The number of carbonyl (C=O) groups is 2. The third-order valence-electron chi connectivity index (χ3n) is 4.98. The Hall–Kier alpha value is -2.89. The van der Waals surface area contributed by atoms with E-state index in [1.54, 1.807) is 30.0 Å². The van der Waals surface area contributed by atoms with Crippen LogP contribution in [0.4, 0.5) is 5.69 Å². The Bertz CT molecular complexity index is 812. The van der Waals surface area contributed by atoms with Crippen molar-refractivity contribution in [3.63, 3.8) is 0 Å². The minimum Gasteiger partial charge on any atom is -0.371 e. The summed E-state index contributed by atoms with van der Waals surface area (Å²) in [5, 5.41) is 3.44. The van der Waals surface area contributed by atoms with Crippen LogP contribution < -0.4 is 5.32 Å². The smallest absolute Gasteiger partial charge is 0.272 e. The molecule has 6 heteroatoms. The number of aromatic nitrogens is 1. The van der Waals surface area contributed by atoms with Crippen LogP contribution in [0.5, 0.6) is 0 Å². The summed E-state index contributed by atoms with van der Waals surface area (Å²) in [7, 11) is 3.54. The topological polar surface area (TPSA) is 65.5 Å². The van der Waals surface area contributed by atoms with E-state index in [-0.39, 0.29) is 11.8 Å². The highest BCUT2D eigenvalue weighted by molar-refractivity contribution is 5.93. The highest BCUT2D eigenvalue weighted by Gasteiger charge is 2.43. The van der Waals surface area contributed by atoms with Crippen LogP contribution in [0.3, 0.4) is 0 Å². The second-order valence-corrected chi connectivity index (χ2v) is 7.23. The van der Waals surface area contributed by atoms with Gasteiger partial charge in [0.05, 0.1) is 0 Å². The summed E-state index contributed by atoms with van der Waals surface area (Å²) < 4.78 is 0. The molecule has 0 unspecified atom stereocenters. The summed E-state index contributed by atoms with van der Waals surface area (Å²) in [6.07, 6.45) is 1.10. The van der Waals surface area contributed by atoms with Gasteiger partial charge in [0.15, 0.2) is 0 Å². The number of para-hydroxylation sites is 1. The van der Waals surface area contributed by atoms with E-state index < -0.39 is 5.54 Å². The first kappa shape index (κ1) is 18.9. The summed E-state index contributed by atoms with van der Waals surface area (Å²) in [6, 6.07) is 15.2. The Morgan fingerprint density at radius 1 is 1.04 bits per heavy atom. The monoisotopic (exact) mass is 366 g/mol. The maximum Gasteiger partial charge on any atom is 0.272 e. The highest BCUT2D eigenvalue weighted by Crippen LogP contribution is 2.29. The van der Waals surface area contributed by atoms with Crippen LogP contribution in [0.2, 0.25) is 0 Å². The number of carbonyl (C=O) groups excluding carboxylic acids is 2. The minimum atomic E-state index is -0.707. The molecule has 1 aromatic heterocycles. The van der Waals surface area contributed by atoms with E-state index in [0.717, 1.165) is 11.4 Å². The van der Waals surface area contributed by atoms with Crippen LogP contribution in [0.15, 0.2) is 48.5 Å². The number of likely N-dealkylation sites (N-methyl/N-ethyl adjacent to an activating group) is 1. The zero-order valence-corrected chi connectivity index (χ0v) is 16.1. The molecule has 1 saturated heterocycles. The third kappa shape index (κ3) is 4.10. The van der Waals surface area contributed by atoms with E-state index in [1.165, 1.54) is 0 Å². The zero-order chi connectivity index (χ0) is 19.4. The number of hydrogen-bond acceptors (Lipinski definition) is 4. The molecular formula is C21H26N4O2. The Morgan fingerprint density at radius 2 is 1.70 bits per heavy atom. The van der Waals surface area contributed by atoms with Gasteiger partial charge in [-0.1, -0.05) is 24.3 Å². The third-order valence-corrected chi connectivity index (χ3v) is 4.98. The van der Waals surface area contributed by atoms with Crippen LogP contribution >= 0.6 is 0 Å². The fraction of sp³-hybridized carbons (Fsp3) is 0.381. The molecule has 0 atom stereocenters. The van der Waals surface area contributed by atoms with Crippen LogP contribution in [-0.4, -0.2) is 59.3 Å². The summed E-state index contributed by atoms with van der Waals surface area (Å²) in [6.45, 7) is 2.89. The number of pyridine rings is 1. The molecule has 1 N–H and O–H groups in total. The number of benzene rings is 1. The van der Waals surface area contributed by atoms with Crippen molar-refractivity contribution in [3.8, 4) is 0 Å². The summed E-state index contributed by atoms with van der Waals surface area (Å²) in [5.41, 5.74) is 1.48. The van der Waals surface area contributed by atoms with Gasteiger partial charge in [-0.15, -0.1) is 0 Å². The maximum absolute atomic E-state index is 13.0. The number of likely N-dealkylation sites (tertiary alicyclic amines) is 1. The number of anilines is 1. The molecule has 0 radical (unpaired) electrons. The van der Waals surface area contributed by atoms with Gasteiger partial charge >= 0.3 is 0 Å². The lowest BCUT2D eigenvalue weighted by atomic mass is 9.85. The van der Waals surface area contributed by atoms with Crippen molar-refractivity contribution in [1.82, 2.24) is 14.8 Å². The molecule has 1 aromatic carbocycles. The number of amides is 2. The molecule has 2 heterocycles. The molecule has 1 fully saturated rings. The van der Waals surface area contributed by atoms with Gasteiger partial charge in [-0.25, -0.2) is 4.98 Å². The van der Waals surface area contributed by atoms with E-state index in [0.29, 0.717) is 31.6 Å². The first-order valence-corrected chi connectivity index (χ1v) is 9.19. The molecule has 142 valence electrons. The SMILES string of the molecule is Cc1cccc(C(=O)N2CCC(Nc3ccccc3)(C(=O)N(C)C)CC2)n1. The Morgan fingerprint density at radius 3 is 2.30 bits per heavy atom. The van der Waals surface area contributed by atoms with Gasteiger partial charge in [-0.05, 0) is 44.0 Å². The van der Waals surface area contributed by atoms with Crippen molar-refractivity contribution in [2.45, 2.75) is 25.3 Å². The highest BCUT2D eigenvalue weighted by atomic mass is 16.2. The van der Waals surface area contributed by atoms with E-state index in [1.807, 2.05) is 49.4 Å². The standard InChI is InChI=1S/C21H26N4O2/c1-16-8-7-11-18(22-16)19(26)25-14-12-21(13-15-25,20(27)24(2)3)23-17-9-5-4-6-10-17/h4-11,23H,12-15H2,1-3H3. The molecule has 0 aliphatic carbocycles. The lowest BCUT2D eigenvalue weighted by molar-refractivity contribution is -0.135. The molecule has 0 bridgehead atoms. The van der Waals surface area contributed by atoms with Crippen LogP contribution in [0.1, 0.15) is 29.0 Å². The number of piperidine rings is 1. The lowest BCUT2D eigenvalue weighted by Crippen LogP contribution is -2.58. The second kappa shape index (κ2) is 7.78. The molecule has 0 saturated carbocycles. The molecule has 1 aliphatic rings. The van der Waals surface area contributed by atoms with Crippen molar-refractivity contribution in [1.29, 1.82) is 0 Å². The van der Waals surface area contributed by atoms with Gasteiger partial charge in [-0.2, -0.15) is 0 Å². The molecule has 6 nitrogen and oxygen atoms in total. The maximum atomic E-state index is 13.0. The van der Waals surface area contributed by atoms with E-state index in [2.05, 4.69) is 10.3 Å². The van der Waals surface area contributed by atoms with Crippen molar-refractivity contribution >= 4 is 17.5 Å². The van der Waals surface area contributed by atoms with Crippen LogP contribution in [-0.2, 0) is 4.79 Å². The Labute approximate surface area is 160 Å². The summed E-state index contributed by atoms with van der Waals surface area (Å²) in [5.74, 6) is -0.0450. The Kier molecular flexibility index (Phi) is 5.44. The van der Waals surface area contributed by atoms with Crippen molar-refractivity contribution in [2.24, 2.45) is 0 Å². The van der Waals surface area contributed by atoms with Gasteiger partial charge in [0.1, 0.15) is 11.2 Å². The Balaban J connectivity index is 1.77. The van der Waals surface area contributed by atoms with Crippen molar-refractivity contribution in [3.05, 3.63) is 59.9 Å². The molecule has 1 aliphatic heterocycles. The molecule has 0 spiro atoms. The normalized spacial score (nSPS) is 15.9. The number of nitrogens with one attached hydrogen (secondary N) is 1. The average Bonchev–Trinajstić information content (AvgIpc) is 2.68. The molecule has 3 rings (SSSR count). The summed E-state index contributed by atoms with van der Waals surface area (Å²) >= 11 is 0. The van der Waals surface area contributed by atoms with Gasteiger partial charge in [-0.3, -0.25) is 9.59 Å². The number of nitrogens with zero attached hydrogens (tertiary/aromatic N) is 3. The second-order valence-electron chi connectivity index (χ2n) is 7.23. The predicted molar refractivity (Wildman–Crippen MR) is 106 cm³/mol.